The van der Waals surface area contributed by atoms with Gasteiger partial charge < -0.3 is 10.1 Å². The Morgan fingerprint density at radius 3 is 2.59 bits per heavy atom. The lowest BCUT2D eigenvalue weighted by molar-refractivity contribution is -0.136. The van der Waals surface area contributed by atoms with Gasteiger partial charge in [0.05, 0.1) is 17.7 Å². The summed E-state index contributed by atoms with van der Waals surface area (Å²) in [7, 11) is 1.89. The molecule has 146 valence electrons. The van der Waals surface area contributed by atoms with Gasteiger partial charge in [-0.05, 0) is 51.1 Å². The molecular formula is C18H22ClN3O5. The van der Waals surface area contributed by atoms with Crippen molar-refractivity contribution in [2.24, 2.45) is 0 Å². The lowest BCUT2D eigenvalue weighted by Gasteiger charge is -2.27. The van der Waals surface area contributed by atoms with Gasteiger partial charge in [-0.1, -0.05) is 0 Å². The smallest absolute Gasteiger partial charge is 0.262 e. The van der Waals surface area contributed by atoms with Crippen molar-refractivity contribution >= 4 is 36.0 Å². The Balaban J connectivity index is 0.00000261. The Hall–Kier alpha value is -2.45. The van der Waals surface area contributed by atoms with Gasteiger partial charge in [0, 0.05) is 6.42 Å². The molecule has 1 saturated heterocycles. The lowest BCUT2D eigenvalue weighted by atomic mass is 10.0. The first-order chi connectivity index (χ1) is 12.5. The lowest BCUT2D eigenvalue weighted by Crippen LogP contribution is -2.54. The third-order valence-corrected chi connectivity index (χ3v) is 4.50. The Morgan fingerprint density at radius 2 is 1.89 bits per heavy atom. The molecule has 0 saturated carbocycles. The number of amides is 4. The average molecular weight is 396 g/mol. The van der Waals surface area contributed by atoms with Gasteiger partial charge in [0.2, 0.25) is 11.8 Å². The number of unbranched alkanes of at least 4 members (excludes halogenated alkanes) is 1. The standard InChI is InChI=1S/C18H21N3O5.ClH/c1-19-8-2-3-9-26-11-4-5-12-13(10-11)18(25)21(17(12)24)14-6-7-15(22)20-16(14)23;/h4-5,10,14,19H,2-3,6-9H2,1H3,(H,20,22,23);1H. The van der Waals surface area contributed by atoms with Crippen LogP contribution in [0, 0.1) is 0 Å². The van der Waals surface area contributed by atoms with Crippen molar-refractivity contribution in [2.75, 3.05) is 20.2 Å². The highest BCUT2D eigenvalue weighted by molar-refractivity contribution is 6.23. The minimum Gasteiger partial charge on any atom is -0.494 e. The van der Waals surface area contributed by atoms with E-state index in [9.17, 15) is 19.2 Å². The monoisotopic (exact) mass is 395 g/mol. The summed E-state index contributed by atoms with van der Waals surface area (Å²) in [4.78, 5) is 49.5. The van der Waals surface area contributed by atoms with Crippen molar-refractivity contribution in [1.82, 2.24) is 15.5 Å². The number of carbonyl (C=O) groups excluding carboxylic acids is 4. The fourth-order valence-electron chi connectivity index (χ4n) is 3.13. The van der Waals surface area contributed by atoms with Crippen molar-refractivity contribution in [1.29, 1.82) is 0 Å². The van der Waals surface area contributed by atoms with Gasteiger partial charge in [-0.3, -0.25) is 29.4 Å². The first-order valence-electron chi connectivity index (χ1n) is 8.66. The summed E-state index contributed by atoms with van der Waals surface area (Å²) in [5, 5.41) is 5.23. The Bertz CT molecular complexity index is 767. The normalized spacial score (nSPS) is 18.9. The largest absolute Gasteiger partial charge is 0.494 e. The average Bonchev–Trinajstić information content (AvgIpc) is 2.86. The van der Waals surface area contributed by atoms with Gasteiger partial charge in [-0.2, -0.15) is 0 Å². The molecule has 0 spiro atoms. The zero-order valence-electron chi connectivity index (χ0n) is 14.9. The molecule has 8 nitrogen and oxygen atoms in total. The molecule has 1 unspecified atom stereocenters. The SMILES string of the molecule is CNCCCCOc1ccc2c(c1)C(=O)N(C1CCC(=O)NC1=O)C2=O.Cl. The van der Waals surface area contributed by atoms with E-state index < -0.39 is 29.7 Å². The van der Waals surface area contributed by atoms with E-state index in [1.54, 1.807) is 18.2 Å². The fraction of sp³-hybridized carbons (Fsp3) is 0.444. The van der Waals surface area contributed by atoms with Crippen LogP contribution in [0.3, 0.4) is 0 Å². The molecule has 0 aliphatic carbocycles. The molecule has 27 heavy (non-hydrogen) atoms. The van der Waals surface area contributed by atoms with Crippen LogP contribution in [0.15, 0.2) is 18.2 Å². The number of fused-ring (bicyclic) bond motifs is 1. The zero-order chi connectivity index (χ0) is 18.7. The second kappa shape index (κ2) is 8.96. The second-order valence-corrected chi connectivity index (χ2v) is 6.31. The maximum atomic E-state index is 12.7. The molecule has 2 aliphatic rings. The van der Waals surface area contributed by atoms with Crippen molar-refractivity contribution in [2.45, 2.75) is 31.7 Å². The van der Waals surface area contributed by atoms with Crippen LogP contribution in [0.4, 0.5) is 0 Å². The number of nitrogens with one attached hydrogen (secondary N) is 2. The zero-order valence-corrected chi connectivity index (χ0v) is 15.8. The molecule has 1 aromatic carbocycles. The van der Waals surface area contributed by atoms with Gasteiger partial charge >= 0.3 is 0 Å². The summed E-state index contributed by atoms with van der Waals surface area (Å²) >= 11 is 0. The summed E-state index contributed by atoms with van der Waals surface area (Å²) < 4.78 is 5.64. The number of halogens is 1. The van der Waals surface area contributed by atoms with Gasteiger partial charge in [0.1, 0.15) is 11.8 Å². The molecule has 0 aromatic heterocycles. The van der Waals surface area contributed by atoms with Crippen LogP contribution in [0.5, 0.6) is 5.75 Å². The van der Waals surface area contributed by atoms with Crippen LogP contribution in [0.2, 0.25) is 0 Å². The number of imide groups is 2. The quantitative estimate of drug-likeness (QED) is 0.524. The summed E-state index contributed by atoms with van der Waals surface area (Å²) in [5.74, 6) is -1.53. The molecule has 4 amide bonds. The number of rotatable bonds is 7. The van der Waals surface area contributed by atoms with E-state index in [-0.39, 0.29) is 36.4 Å². The van der Waals surface area contributed by atoms with E-state index in [0.717, 1.165) is 24.3 Å². The highest BCUT2D eigenvalue weighted by Crippen LogP contribution is 2.30. The van der Waals surface area contributed by atoms with Crippen LogP contribution in [0.1, 0.15) is 46.4 Å². The second-order valence-electron chi connectivity index (χ2n) is 6.31. The van der Waals surface area contributed by atoms with Gasteiger partial charge in [-0.15, -0.1) is 12.4 Å². The number of hydrogen-bond acceptors (Lipinski definition) is 6. The molecule has 2 heterocycles. The molecule has 1 atom stereocenters. The van der Waals surface area contributed by atoms with Crippen molar-refractivity contribution in [3.05, 3.63) is 29.3 Å². The van der Waals surface area contributed by atoms with Crippen LogP contribution < -0.4 is 15.4 Å². The van der Waals surface area contributed by atoms with Crippen molar-refractivity contribution in [3.63, 3.8) is 0 Å². The first-order valence-corrected chi connectivity index (χ1v) is 8.66. The third-order valence-electron chi connectivity index (χ3n) is 4.50. The Labute approximate surface area is 163 Å². The molecule has 0 bridgehead atoms. The summed E-state index contributed by atoms with van der Waals surface area (Å²) in [6, 6.07) is 3.78. The van der Waals surface area contributed by atoms with E-state index in [0.29, 0.717) is 12.4 Å². The molecule has 1 fully saturated rings. The number of nitrogens with zero attached hydrogens (tertiary/aromatic N) is 1. The summed E-state index contributed by atoms with van der Waals surface area (Å²) in [6.07, 6.45) is 2.09. The molecule has 9 heteroatoms. The molecule has 2 N–H and O–H groups in total. The topological polar surface area (TPSA) is 105 Å². The van der Waals surface area contributed by atoms with Crippen LogP contribution in [0.25, 0.3) is 0 Å². The van der Waals surface area contributed by atoms with E-state index in [2.05, 4.69) is 10.6 Å². The third kappa shape index (κ3) is 4.28. The molecule has 3 rings (SSSR count). The number of benzene rings is 1. The van der Waals surface area contributed by atoms with Crippen LogP contribution in [-0.4, -0.2) is 54.8 Å². The van der Waals surface area contributed by atoms with E-state index in [4.69, 9.17) is 4.74 Å². The summed E-state index contributed by atoms with van der Waals surface area (Å²) in [5.41, 5.74) is 0.481. The number of ether oxygens (including phenoxy) is 1. The maximum absolute atomic E-state index is 12.7. The molecule has 1 aromatic rings. The van der Waals surface area contributed by atoms with E-state index >= 15 is 0 Å². The Morgan fingerprint density at radius 1 is 1.15 bits per heavy atom. The van der Waals surface area contributed by atoms with Gasteiger partial charge in [0.25, 0.3) is 11.8 Å². The van der Waals surface area contributed by atoms with Crippen LogP contribution in [-0.2, 0) is 9.59 Å². The highest BCUT2D eigenvalue weighted by atomic mass is 35.5. The minimum absolute atomic E-state index is 0. The van der Waals surface area contributed by atoms with Crippen molar-refractivity contribution < 1.29 is 23.9 Å². The Kier molecular flexibility index (Phi) is 6.92. The highest BCUT2D eigenvalue weighted by Gasteiger charge is 2.44. The summed E-state index contributed by atoms with van der Waals surface area (Å²) in [6.45, 7) is 1.42. The minimum atomic E-state index is -0.953. The number of carbonyl (C=O) groups is 4. The predicted molar refractivity (Wildman–Crippen MR) is 99.0 cm³/mol. The maximum Gasteiger partial charge on any atom is 0.262 e. The molecule has 2 aliphatic heterocycles. The van der Waals surface area contributed by atoms with E-state index in [1.807, 2.05) is 7.05 Å². The number of piperidine rings is 1. The van der Waals surface area contributed by atoms with Gasteiger partial charge in [-0.25, -0.2) is 0 Å². The molecular weight excluding hydrogens is 374 g/mol. The predicted octanol–water partition coefficient (Wildman–Crippen LogP) is 0.888. The van der Waals surface area contributed by atoms with Crippen molar-refractivity contribution in [3.8, 4) is 5.75 Å². The van der Waals surface area contributed by atoms with E-state index in [1.165, 1.54) is 0 Å². The van der Waals surface area contributed by atoms with Crippen LogP contribution >= 0.6 is 12.4 Å². The number of hydrogen-bond donors (Lipinski definition) is 2. The first kappa shape index (κ1) is 20.9. The molecule has 0 radical (unpaired) electrons. The fourth-order valence-corrected chi connectivity index (χ4v) is 3.13. The van der Waals surface area contributed by atoms with Gasteiger partial charge in [0.15, 0.2) is 0 Å².